The average molecular weight is 145 g/mol. The summed E-state index contributed by atoms with van der Waals surface area (Å²) in [6.07, 6.45) is 0.0731. The first-order valence-electron chi connectivity index (χ1n) is 3.50. The summed E-state index contributed by atoms with van der Waals surface area (Å²) in [5, 5.41) is 8.87. The van der Waals surface area contributed by atoms with Crippen molar-refractivity contribution in [1.29, 1.82) is 0 Å². The van der Waals surface area contributed by atoms with Crippen LogP contribution >= 0.6 is 0 Å². The van der Waals surface area contributed by atoms with Crippen molar-refractivity contribution in [3.63, 3.8) is 0 Å². The van der Waals surface area contributed by atoms with Crippen LogP contribution in [0.5, 0.6) is 0 Å². The van der Waals surface area contributed by atoms with Gasteiger partial charge in [-0.05, 0) is 6.92 Å². The molecule has 10 heavy (non-hydrogen) atoms. The smallest absolute Gasteiger partial charge is 0.222 e. The average Bonchev–Trinajstić information content (AvgIpc) is 1.85. The summed E-state index contributed by atoms with van der Waals surface area (Å²) in [5.41, 5.74) is 0. The Bertz CT molecular complexity index is 112. The number of rotatable bonds is 3. The molecular weight excluding hydrogens is 130 g/mol. The Morgan fingerprint density at radius 3 is 2.50 bits per heavy atom. The highest BCUT2D eigenvalue weighted by atomic mass is 16.3. The van der Waals surface area contributed by atoms with E-state index < -0.39 is 6.10 Å². The Balaban J connectivity index is 3.61. The van der Waals surface area contributed by atoms with Crippen LogP contribution in [0.1, 0.15) is 20.3 Å². The standard InChI is InChI=1S/C7H15NO2/c1-4-7(10)8(3)5-6(2)9/h6,9H,4-5H2,1-3H3. The molecular formula is C7H15NO2. The van der Waals surface area contributed by atoms with Crippen LogP contribution in [0.2, 0.25) is 0 Å². The van der Waals surface area contributed by atoms with E-state index in [-0.39, 0.29) is 5.91 Å². The van der Waals surface area contributed by atoms with Crippen molar-refractivity contribution in [2.24, 2.45) is 0 Å². The second kappa shape index (κ2) is 4.28. The second-order valence-electron chi connectivity index (χ2n) is 2.48. The molecule has 0 saturated carbocycles. The van der Waals surface area contributed by atoms with Gasteiger partial charge in [0.1, 0.15) is 0 Å². The third-order valence-corrected chi connectivity index (χ3v) is 1.27. The normalized spacial score (nSPS) is 12.8. The van der Waals surface area contributed by atoms with Gasteiger partial charge >= 0.3 is 0 Å². The number of amides is 1. The number of carbonyl (C=O) groups is 1. The molecule has 1 atom stereocenters. The van der Waals surface area contributed by atoms with E-state index in [1.54, 1.807) is 20.9 Å². The number of nitrogens with zero attached hydrogens (tertiary/aromatic N) is 1. The topological polar surface area (TPSA) is 40.5 Å². The largest absolute Gasteiger partial charge is 0.392 e. The van der Waals surface area contributed by atoms with Crippen molar-refractivity contribution in [2.45, 2.75) is 26.4 Å². The molecule has 0 aliphatic heterocycles. The number of hydrogen-bond donors (Lipinski definition) is 1. The lowest BCUT2D eigenvalue weighted by Gasteiger charge is -2.17. The molecule has 0 aromatic rings. The number of carbonyl (C=O) groups excluding carboxylic acids is 1. The molecule has 0 aromatic heterocycles. The molecule has 3 heteroatoms. The molecule has 0 bridgehead atoms. The summed E-state index contributed by atoms with van der Waals surface area (Å²) >= 11 is 0. The summed E-state index contributed by atoms with van der Waals surface area (Å²) < 4.78 is 0. The van der Waals surface area contributed by atoms with Crippen LogP contribution in [0, 0.1) is 0 Å². The van der Waals surface area contributed by atoms with Crippen LogP contribution in [-0.2, 0) is 4.79 Å². The lowest BCUT2D eigenvalue weighted by Crippen LogP contribution is -2.32. The number of aliphatic hydroxyl groups excluding tert-OH is 1. The fourth-order valence-electron chi connectivity index (χ4n) is 0.768. The maximum Gasteiger partial charge on any atom is 0.222 e. The highest BCUT2D eigenvalue weighted by Crippen LogP contribution is 1.91. The van der Waals surface area contributed by atoms with Crippen LogP contribution in [0.25, 0.3) is 0 Å². The van der Waals surface area contributed by atoms with Gasteiger partial charge in [-0.25, -0.2) is 0 Å². The maximum absolute atomic E-state index is 10.9. The van der Waals surface area contributed by atoms with Crippen LogP contribution in [0.4, 0.5) is 0 Å². The summed E-state index contributed by atoms with van der Waals surface area (Å²) in [6.45, 7) is 3.90. The van der Waals surface area contributed by atoms with Crippen LogP contribution < -0.4 is 0 Å². The Hall–Kier alpha value is -0.570. The number of likely N-dealkylation sites (N-methyl/N-ethyl adjacent to an activating group) is 1. The molecule has 0 heterocycles. The van der Waals surface area contributed by atoms with E-state index >= 15 is 0 Å². The molecule has 0 aliphatic rings. The Morgan fingerprint density at radius 1 is 1.70 bits per heavy atom. The van der Waals surface area contributed by atoms with Crippen LogP contribution in [0.3, 0.4) is 0 Å². The fraction of sp³-hybridized carbons (Fsp3) is 0.857. The zero-order valence-electron chi connectivity index (χ0n) is 6.79. The molecule has 0 spiro atoms. The lowest BCUT2D eigenvalue weighted by molar-refractivity contribution is -0.130. The zero-order valence-corrected chi connectivity index (χ0v) is 6.79. The summed E-state index contributed by atoms with van der Waals surface area (Å²) in [5.74, 6) is 0.0703. The Kier molecular flexibility index (Phi) is 4.03. The van der Waals surface area contributed by atoms with Crippen LogP contribution in [0.15, 0.2) is 0 Å². The molecule has 0 rings (SSSR count). The molecule has 3 nitrogen and oxygen atoms in total. The Morgan fingerprint density at radius 2 is 2.20 bits per heavy atom. The quantitative estimate of drug-likeness (QED) is 0.617. The number of aliphatic hydroxyl groups is 1. The van der Waals surface area contributed by atoms with E-state index in [0.717, 1.165) is 0 Å². The minimum absolute atomic E-state index is 0.0703. The predicted octanol–water partition coefficient (Wildman–Crippen LogP) is 0.236. The van der Waals surface area contributed by atoms with Gasteiger partial charge in [0.2, 0.25) is 5.91 Å². The maximum atomic E-state index is 10.9. The number of hydrogen-bond acceptors (Lipinski definition) is 2. The Labute approximate surface area is 61.6 Å². The molecule has 0 radical (unpaired) electrons. The van der Waals surface area contributed by atoms with Crippen molar-refractivity contribution in [1.82, 2.24) is 4.90 Å². The van der Waals surface area contributed by atoms with Gasteiger partial charge in [0, 0.05) is 20.0 Å². The van der Waals surface area contributed by atoms with Crippen molar-refractivity contribution in [2.75, 3.05) is 13.6 Å². The highest BCUT2D eigenvalue weighted by Gasteiger charge is 2.07. The van der Waals surface area contributed by atoms with Gasteiger partial charge in [-0.2, -0.15) is 0 Å². The summed E-state index contributed by atoms with van der Waals surface area (Å²) in [4.78, 5) is 12.4. The van der Waals surface area contributed by atoms with Gasteiger partial charge < -0.3 is 10.0 Å². The fourth-order valence-corrected chi connectivity index (χ4v) is 0.768. The van der Waals surface area contributed by atoms with Crippen molar-refractivity contribution in [3.8, 4) is 0 Å². The molecule has 60 valence electrons. The molecule has 0 fully saturated rings. The first-order valence-corrected chi connectivity index (χ1v) is 3.50. The van der Waals surface area contributed by atoms with Gasteiger partial charge in [0.15, 0.2) is 0 Å². The van der Waals surface area contributed by atoms with Gasteiger partial charge in [-0.3, -0.25) is 4.79 Å². The van der Waals surface area contributed by atoms with Gasteiger partial charge in [-0.15, -0.1) is 0 Å². The minimum atomic E-state index is -0.430. The molecule has 1 amide bonds. The summed E-state index contributed by atoms with van der Waals surface area (Å²) in [6, 6.07) is 0. The highest BCUT2D eigenvalue weighted by molar-refractivity contribution is 5.75. The molecule has 0 aliphatic carbocycles. The monoisotopic (exact) mass is 145 g/mol. The zero-order chi connectivity index (χ0) is 8.15. The molecule has 1 unspecified atom stereocenters. The van der Waals surface area contributed by atoms with Gasteiger partial charge in [-0.1, -0.05) is 6.92 Å². The summed E-state index contributed by atoms with van der Waals surface area (Å²) in [7, 11) is 1.69. The van der Waals surface area contributed by atoms with E-state index in [2.05, 4.69) is 0 Å². The molecule has 0 aromatic carbocycles. The van der Waals surface area contributed by atoms with Crippen LogP contribution in [-0.4, -0.2) is 35.6 Å². The van der Waals surface area contributed by atoms with E-state index in [0.29, 0.717) is 13.0 Å². The third-order valence-electron chi connectivity index (χ3n) is 1.27. The van der Waals surface area contributed by atoms with E-state index in [9.17, 15) is 4.79 Å². The van der Waals surface area contributed by atoms with Crippen molar-refractivity contribution in [3.05, 3.63) is 0 Å². The van der Waals surface area contributed by atoms with Crippen molar-refractivity contribution < 1.29 is 9.90 Å². The lowest BCUT2D eigenvalue weighted by atomic mass is 10.3. The van der Waals surface area contributed by atoms with E-state index in [1.807, 2.05) is 0 Å². The second-order valence-corrected chi connectivity index (χ2v) is 2.48. The van der Waals surface area contributed by atoms with Gasteiger partial charge in [0.05, 0.1) is 6.10 Å². The first kappa shape index (κ1) is 9.43. The van der Waals surface area contributed by atoms with E-state index in [1.165, 1.54) is 4.90 Å². The SMILES string of the molecule is CCC(=O)N(C)CC(C)O. The predicted molar refractivity (Wildman–Crippen MR) is 39.6 cm³/mol. The third kappa shape index (κ3) is 3.45. The molecule has 1 N–H and O–H groups in total. The van der Waals surface area contributed by atoms with E-state index in [4.69, 9.17) is 5.11 Å². The minimum Gasteiger partial charge on any atom is -0.392 e. The van der Waals surface area contributed by atoms with Crippen molar-refractivity contribution >= 4 is 5.91 Å². The van der Waals surface area contributed by atoms with Gasteiger partial charge in [0.25, 0.3) is 0 Å². The molecule has 0 saturated heterocycles. The first-order chi connectivity index (χ1) is 4.57.